The number of carboxylic acids is 1. The number of hydrogen-bond donors (Lipinski definition) is 4. The van der Waals surface area contributed by atoms with Gasteiger partial charge in [0.2, 0.25) is 11.8 Å². The van der Waals surface area contributed by atoms with Crippen molar-refractivity contribution in [2.45, 2.75) is 19.1 Å². The highest BCUT2D eigenvalue weighted by atomic mass is 16.5. The van der Waals surface area contributed by atoms with Crippen molar-refractivity contribution >= 4 is 29.8 Å². The zero-order chi connectivity index (χ0) is 20.9. The summed E-state index contributed by atoms with van der Waals surface area (Å²) in [7, 11) is 1.12. The van der Waals surface area contributed by atoms with E-state index >= 15 is 0 Å². The van der Waals surface area contributed by atoms with Crippen molar-refractivity contribution in [3.63, 3.8) is 0 Å². The Morgan fingerprint density at radius 1 is 1.04 bits per heavy atom. The highest BCUT2D eigenvalue weighted by molar-refractivity contribution is 5.92. The van der Waals surface area contributed by atoms with Crippen molar-refractivity contribution in [3.8, 4) is 0 Å². The van der Waals surface area contributed by atoms with E-state index in [1.165, 1.54) is 0 Å². The minimum atomic E-state index is -1.34. The maximum absolute atomic E-state index is 12.2. The Bertz CT molecular complexity index is 708. The zero-order valence-electron chi connectivity index (χ0n) is 15.1. The van der Waals surface area contributed by atoms with Gasteiger partial charge in [-0.05, 0) is 5.56 Å². The number of ether oxygens (including phenoxy) is 2. The van der Waals surface area contributed by atoms with E-state index in [4.69, 9.17) is 9.84 Å². The molecule has 11 nitrogen and oxygen atoms in total. The van der Waals surface area contributed by atoms with Crippen molar-refractivity contribution in [3.05, 3.63) is 35.9 Å². The number of methoxy groups -OCH3 is 1. The maximum Gasteiger partial charge on any atom is 0.408 e. The average molecular weight is 395 g/mol. The summed E-state index contributed by atoms with van der Waals surface area (Å²) in [5.41, 5.74) is 0.724. The summed E-state index contributed by atoms with van der Waals surface area (Å²) in [6.07, 6.45) is -1.43. The Balaban J connectivity index is 2.56. The standard InChI is InChI=1S/C17H21N3O8/c1-27-15(24)7-12(16(25)19-8-13(21)18-9-14(22)23)20-17(26)28-10-11-5-3-2-4-6-11/h2-6,12H,7-10H2,1H3,(H,18,21)(H,19,25)(H,20,26)(H,22,23). The van der Waals surface area contributed by atoms with Crippen molar-refractivity contribution in [1.29, 1.82) is 0 Å². The van der Waals surface area contributed by atoms with E-state index in [0.29, 0.717) is 0 Å². The number of rotatable bonds is 10. The fraction of sp³-hybridized carbons (Fsp3) is 0.353. The van der Waals surface area contributed by atoms with Gasteiger partial charge >= 0.3 is 18.0 Å². The lowest BCUT2D eigenvalue weighted by molar-refractivity contribution is -0.143. The van der Waals surface area contributed by atoms with E-state index in [1.807, 2.05) is 0 Å². The monoisotopic (exact) mass is 395 g/mol. The highest BCUT2D eigenvalue weighted by Gasteiger charge is 2.25. The van der Waals surface area contributed by atoms with Crippen LogP contribution in [0.4, 0.5) is 4.79 Å². The van der Waals surface area contributed by atoms with Gasteiger partial charge in [-0.3, -0.25) is 19.2 Å². The lowest BCUT2D eigenvalue weighted by atomic mass is 10.2. The molecule has 0 fully saturated rings. The predicted molar refractivity (Wildman–Crippen MR) is 93.8 cm³/mol. The van der Waals surface area contributed by atoms with Crippen LogP contribution in [-0.4, -0.2) is 61.2 Å². The number of nitrogens with one attached hydrogen (secondary N) is 3. The molecule has 0 saturated carbocycles. The van der Waals surface area contributed by atoms with Gasteiger partial charge in [-0.1, -0.05) is 30.3 Å². The first-order valence-electron chi connectivity index (χ1n) is 8.12. The van der Waals surface area contributed by atoms with Crippen molar-refractivity contribution in [2.75, 3.05) is 20.2 Å². The minimum Gasteiger partial charge on any atom is -0.480 e. The summed E-state index contributed by atoms with van der Waals surface area (Å²) in [4.78, 5) is 57.3. The number of carbonyl (C=O) groups is 5. The van der Waals surface area contributed by atoms with Gasteiger partial charge in [0.05, 0.1) is 20.1 Å². The number of aliphatic carboxylic acids is 1. The average Bonchev–Trinajstić information content (AvgIpc) is 2.68. The predicted octanol–water partition coefficient (Wildman–Crippen LogP) is -0.838. The van der Waals surface area contributed by atoms with Crippen LogP contribution in [0, 0.1) is 0 Å². The molecule has 28 heavy (non-hydrogen) atoms. The lowest BCUT2D eigenvalue weighted by Crippen LogP contribution is -2.50. The molecule has 1 aromatic rings. The molecule has 1 atom stereocenters. The van der Waals surface area contributed by atoms with Crippen LogP contribution >= 0.6 is 0 Å². The van der Waals surface area contributed by atoms with Crippen molar-refractivity contribution in [2.24, 2.45) is 0 Å². The number of benzene rings is 1. The summed E-state index contributed by atoms with van der Waals surface area (Å²) < 4.78 is 9.46. The molecule has 1 rings (SSSR count). The molecule has 3 amide bonds. The first kappa shape index (κ1) is 22.4. The van der Waals surface area contributed by atoms with E-state index in [1.54, 1.807) is 30.3 Å². The minimum absolute atomic E-state index is 0.0448. The number of esters is 1. The molecule has 0 bridgehead atoms. The third kappa shape index (κ3) is 9.17. The first-order valence-corrected chi connectivity index (χ1v) is 8.12. The van der Waals surface area contributed by atoms with E-state index in [-0.39, 0.29) is 6.61 Å². The van der Waals surface area contributed by atoms with E-state index in [2.05, 4.69) is 20.7 Å². The van der Waals surface area contributed by atoms with Crippen LogP contribution < -0.4 is 16.0 Å². The number of carbonyl (C=O) groups excluding carboxylic acids is 4. The van der Waals surface area contributed by atoms with Crippen LogP contribution in [0.15, 0.2) is 30.3 Å². The molecule has 0 radical (unpaired) electrons. The zero-order valence-corrected chi connectivity index (χ0v) is 15.1. The van der Waals surface area contributed by atoms with Crippen LogP contribution in [0.3, 0.4) is 0 Å². The number of alkyl carbamates (subject to hydrolysis) is 1. The molecule has 0 aliphatic carbocycles. The van der Waals surface area contributed by atoms with Gasteiger partial charge in [-0.2, -0.15) is 0 Å². The van der Waals surface area contributed by atoms with Crippen LogP contribution in [0.2, 0.25) is 0 Å². The summed E-state index contributed by atoms with van der Waals surface area (Å²) in [6, 6.07) is 7.46. The molecule has 0 heterocycles. The molecular weight excluding hydrogens is 374 g/mol. The smallest absolute Gasteiger partial charge is 0.408 e. The summed E-state index contributed by atoms with van der Waals surface area (Å²) in [5, 5.41) is 14.9. The molecule has 1 aromatic carbocycles. The van der Waals surface area contributed by atoms with Crippen LogP contribution in [0.1, 0.15) is 12.0 Å². The summed E-state index contributed by atoms with van der Waals surface area (Å²) in [5.74, 6) is -3.60. The van der Waals surface area contributed by atoms with Gasteiger partial charge in [-0.25, -0.2) is 4.79 Å². The van der Waals surface area contributed by atoms with Gasteiger partial charge in [0.15, 0.2) is 0 Å². The van der Waals surface area contributed by atoms with E-state index < -0.39 is 55.4 Å². The topological polar surface area (TPSA) is 160 Å². The van der Waals surface area contributed by atoms with Gasteiger partial charge in [0, 0.05) is 0 Å². The Morgan fingerprint density at radius 3 is 2.32 bits per heavy atom. The molecule has 4 N–H and O–H groups in total. The Morgan fingerprint density at radius 2 is 1.71 bits per heavy atom. The molecule has 0 aromatic heterocycles. The summed E-state index contributed by atoms with van der Waals surface area (Å²) >= 11 is 0. The number of amides is 3. The Labute approximate surface area is 160 Å². The van der Waals surface area contributed by atoms with Gasteiger partial charge in [0.1, 0.15) is 19.2 Å². The number of hydrogen-bond acceptors (Lipinski definition) is 7. The van der Waals surface area contributed by atoms with E-state index in [9.17, 15) is 24.0 Å². The van der Waals surface area contributed by atoms with Gasteiger partial charge in [0.25, 0.3) is 0 Å². The third-order valence-corrected chi connectivity index (χ3v) is 3.28. The Kier molecular flexibility index (Phi) is 9.51. The quantitative estimate of drug-likeness (QED) is 0.373. The van der Waals surface area contributed by atoms with Gasteiger partial charge < -0.3 is 30.5 Å². The normalized spacial score (nSPS) is 10.9. The van der Waals surface area contributed by atoms with Gasteiger partial charge in [-0.15, -0.1) is 0 Å². The van der Waals surface area contributed by atoms with Crippen LogP contribution in [-0.2, 0) is 35.3 Å². The SMILES string of the molecule is COC(=O)CC(NC(=O)OCc1ccccc1)C(=O)NCC(=O)NCC(=O)O. The number of carboxylic acid groups (broad SMARTS) is 1. The molecule has 0 saturated heterocycles. The second kappa shape index (κ2) is 11.9. The van der Waals surface area contributed by atoms with Crippen molar-refractivity contribution < 1.29 is 38.6 Å². The summed E-state index contributed by atoms with van der Waals surface area (Å²) in [6.45, 7) is -1.19. The molecular formula is C17H21N3O8. The second-order valence-corrected chi connectivity index (χ2v) is 5.43. The molecule has 152 valence electrons. The lowest BCUT2D eigenvalue weighted by Gasteiger charge is -2.17. The van der Waals surface area contributed by atoms with E-state index in [0.717, 1.165) is 12.7 Å². The fourth-order valence-corrected chi connectivity index (χ4v) is 1.89. The van der Waals surface area contributed by atoms with Crippen LogP contribution in [0.25, 0.3) is 0 Å². The molecule has 0 spiro atoms. The molecule has 11 heteroatoms. The largest absolute Gasteiger partial charge is 0.480 e. The Hall–Kier alpha value is -3.63. The second-order valence-electron chi connectivity index (χ2n) is 5.43. The fourth-order valence-electron chi connectivity index (χ4n) is 1.89. The highest BCUT2D eigenvalue weighted by Crippen LogP contribution is 2.02. The van der Waals surface area contributed by atoms with Crippen LogP contribution in [0.5, 0.6) is 0 Å². The molecule has 1 unspecified atom stereocenters. The molecule has 0 aliphatic rings. The third-order valence-electron chi connectivity index (χ3n) is 3.28. The van der Waals surface area contributed by atoms with Crippen molar-refractivity contribution in [1.82, 2.24) is 16.0 Å². The first-order chi connectivity index (χ1) is 13.3. The molecule has 0 aliphatic heterocycles. The maximum atomic E-state index is 12.2.